The summed E-state index contributed by atoms with van der Waals surface area (Å²) in [5, 5.41) is 0. The number of rotatable bonds is 5. The van der Waals surface area contributed by atoms with Crippen LogP contribution in [0.1, 0.15) is 24.5 Å². The molecule has 0 unspecified atom stereocenters. The first kappa shape index (κ1) is 10.8. The van der Waals surface area contributed by atoms with Gasteiger partial charge in [0.05, 0.1) is 6.61 Å². The van der Waals surface area contributed by atoms with Gasteiger partial charge in [0.15, 0.2) is 0 Å². The van der Waals surface area contributed by atoms with E-state index >= 15 is 0 Å². The van der Waals surface area contributed by atoms with Crippen molar-refractivity contribution < 1.29 is 4.74 Å². The summed E-state index contributed by atoms with van der Waals surface area (Å²) in [6.45, 7) is 8.57. The first-order chi connectivity index (χ1) is 6.77. The number of benzene rings is 1. The zero-order valence-electron chi connectivity index (χ0n) is 9.05. The van der Waals surface area contributed by atoms with E-state index in [-0.39, 0.29) is 0 Å². The molecule has 0 bridgehead atoms. The maximum absolute atomic E-state index is 5.55. The highest BCUT2D eigenvalue weighted by Crippen LogP contribution is 2.21. The van der Waals surface area contributed by atoms with Crippen molar-refractivity contribution in [1.82, 2.24) is 0 Å². The first-order valence-corrected chi connectivity index (χ1v) is 5.11. The van der Waals surface area contributed by atoms with Gasteiger partial charge < -0.3 is 4.74 Å². The smallest absolute Gasteiger partial charge is 0.122 e. The van der Waals surface area contributed by atoms with Crippen molar-refractivity contribution in [3.8, 4) is 5.75 Å². The fraction of sp³-hybridized carbons (Fsp3) is 0.385. The zero-order valence-corrected chi connectivity index (χ0v) is 9.05. The van der Waals surface area contributed by atoms with Gasteiger partial charge in [-0.25, -0.2) is 0 Å². The summed E-state index contributed by atoms with van der Waals surface area (Å²) in [5.74, 6) is 1.01. The summed E-state index contributed by atoms with van der Waals surface area (Å²) < 4.78 is 5.55. The van der Waals surface area contributed by atoms with Crippen LogP contribution in [0, 0.1) is 6.92 Å². The van der Waals surface area contributed by atoms with Crippen molar-refractivity contribution >= 4 is 0 Å². The van der Waals surface area contributed by atoms with Crippen LogP contribution in [-0.4, -0.2) is 6.61 Å². The lowest BCUT2D eigenvalue weighted by Crippen LogP contribution is -1.97. The van der Waals surface area contributed by atoms with Gasteiger partial charge in [0.1, 0.15) is 5.75 Å². The van der Waals surface area contributed by atoms with Crippen LogP contribution in [0.15, 0.2) is 30.9 Å². The number of aryl methyl sites for hydroxylation is 2. The number of allylic oxidation sites excluding steroid dienone is 1. The van der Waals surface area contributed by atoms with Crippen molar-refractivity contribution in [2.75, 3.05) is 6.61 Å². The molecule has 0 aliphatic rings. The molecule has 1 aromatic rings. The van der Waals surface area contributed by atoms with Crippen molar-refractivity contribution in [1.29, 1.82) is 0 Å². The highest BCUT2D eigenvalue weighted by molar-refractivity contribution is 5.37. The summed E-state index contributed by atoms with van der Waals surface area (Å²) in [4.78, 5) is 0. The average Bonchev–Trinajstić information content (AvgIpc) is 2.18. The van der Waals surface area contributed by atoms with Crippen LogP contribution < -0.4 is 4.74 Å². The zero-order chi connectivity index (χ0) is 10.4. The van der Waals surface area contributed by atoms with E-state index in [9.17, 15) is 0 Å². The Labute approximate surface area is 86.4 Å². The molecule has 76 valence electrons. The van der Waals surface area contributed by atoms with Crippen LogP contribution in [0.5, 0.6) is 5.75 Å². The second kappa shape index (κ2) is 5.48. The van der Waals surface area contributed by atoms with E-state index in [0.717, 1.165) is 25.2 Å². The van der Waals surface area contributed by atoms with Gasteiger partial charge in [-0.05, 0) is 38.3 Å². The molecule has 0 N–H and O–H groups in total. The van der Waals surface area contributed by atoms with Gasteiger partial charge in [-0.15, -0.1) is 6.58 Å². The predicted molar refractivity (Wildman–Crippen MR) is 60.9 cm³/mol. The molecule has 0 spiro atoms. The van der Waals surface area contributed by atoms with Gasteiger partial charge in [-0.3, -0.25) is 0 Å². The van der Waals surface area contributed by atoms with E-state index in [2.05, 4.69) is 31.7 Å². The van der Waals surface area contributed by atoms with Gasteiger partial charge in [0, 0.05) is 0 Å². The Morgan fingerprint density at radius 1 is 1.43 bits per heavy atom. The molecule has 0 saturated carbocycles. The lowest BCUT2D eigenvalue weighted by molar-refractivity contribution is 0.336. The summed E-state index contributed by atoms with van der Waals surface area (Å²) in [6.07, 6.45) is 3.96. The van der Waals surface area contributed by atoms with Crippen LogP contribution in [0.25, 0.3) is 0 Å². The molecule has 0 radical (unpaired) electrons. The minimum absolute atomic E-state index is 0.726. The standard InChI is InChI=1S/C13H18O/c1-4-6-7-12-10-11(3)8-9-13(12)14-5-2/h4,8-10H,1,5-7H2,2-3H3. The second-order valence-electron chi connectivity index (χ2n) is 3.37. The minimum atomic E-state index is 0.726. The summed E-state index contributed by atoms with van der Waals surface area (Å²) in [5.41, 5.74) is 2.57. The Balaban J connectivity index is 2.84. The number of hydrogen-bond donors (Lipinski definition) is 0. The van der Waals surface area contributed by atoms with E-state index in [1.165, 1.54) is 11.1 Å². The molecule has 1 rings (SSSR count). The first-order valence-electron chi connectivity index (χ1n) is 5.11. The van der Waals surface area contributed by atoms with Gasteiger partial charge in [-0.2, -0.15) is 0 Å². The lowest BCUT2D eigenvalue weighted by atomic mass is 10.1. The van der Waals surface area contributed by atoms with Gasteiger partial charge in [-0.1, -0.05) is 23.8 Å². The molecule has 1 aromatic carbocycles. The van der Waals surface area contributed by atoms with Crippen molar-refractivity contribution in [3.05, 3.63) is 42.0 Å². The molecule has 0 aliphatic heterocycles. The Kier molecular flexibility index (Phi) is 4.24. The SMILES string of the molecule is C=CCCc1cc(C)ccc1OCC. The van der Waals surface area contributed by atoms with Gasteiger partial charge in [0.2, 0.25) is 0 Å². The molecule has 0 atom stereocenters. The van der Waals surface area contributed by atoms with Crippen molar-refractivity contribution in [2.24, 2.45) is 0 Å². The predicted octanol–water partition coefficient (Wildman–Crippen LogP) is 3.51. The van der Waals surface area contributed by atoms with E-state index in [1.54, 1.807) is 0 Å². The summed E-state index contributed by atoms with van der Waals surface area (Å²) in [6, 6.07) is 6.33. The Bertz CT molecular complexity index is 302. The van der Waals surface area contributed by atoms with Gasteiger partial charge in [0.25, 0.3) is 0 Å². The highest BCUT2D eigenvalue weighted by atomic mass is 16.5. The average molecular weight is 190 g/mol. The molecule has 0 saturated heterocycles. The van der Waals surface area contributed by atoms with E-state index < -0.39 is 0 Å². The highest BCUT2D eigenvalue weighted by Gasteiger charge is 2.02. The topological polar surface area (TPSA) is 9.23 Å². The molecule has 0 aliphatic carbocycles. The quantitative estimate of drug-likeness (QED) is 0.645. The van der Waals surface area contributed by atoms with E-state index in [4.69, 9.17) is 4.74 Å². The summed E-state index contributed by atoms with van der Waals surface area (Å²) in [7, 11) is 0. The van der Waals surface area contributed by atoms with Crippen LogP contribution in [0.3, 0.4) is 0 Å². The third kappa shape index (κ3) is 2.91. The third-order valence-corrected chi connectivity index (χ3v) is 2.13. The molecule has 14 heavy (non-hydrogen) atoms. The number of ether oxygens (including phenoxy) is 1. The second-order valence-corrected chi connectivity index (χ2v) is 3.37. The van der Waals surface area contributed by atoms with E-state index in [1.807, 2.05) is 13.0 Å². The molecule has 0 amide bonds. The molecular weight excluding hydrogens is 172 g/mol. The molecule has 0 aromatic heterocycles. The third-order valence-electron chi connectivity index (χ3n) is 2.13. The fourth-order valence-electron chi connectivity index (χ4n) is 1.46. The molecule has 1 nitrogen and oxygen atoms in total. The molecule has 0 fully saturated rings. The normalized spacial score (nSPS) is 9.86. The Morgan fingerprint density at radius 2 is 2.21 bits per heavy atom. The lowest BCUT2D eigenvalue weighted by Gasteiger charge is -2.10. The Hall–Kier alpha value is -1.24. The van der Waals surface area contributed by atoms with Crippen molar-refractivity contribution in [2.45, 2.75) is 26.7 Å². The van der Waals surface area contributed by atoms with Crippen LogP contribution in [0.2, 0.25) is 0 Å². The van der Waals surface area contributed by atoms with Crippen LogP contribution in [-0.2, 0) is 6.42 Å². The van der Waals surface area contributed by atoms with Crippen LogP contribution >= 0.6 is 0 Å². The maximum atomic E-state index is 5.55. The molecule has 1 heteroatoms. The maximum Gasteiger partial charge on any atom is 0.122 e. The monoisotopic (exact) mass is 190 g/mol. The van der Waals surface area contributed by atoms with Gasteiger partial charge >= 0.3 is 0 Å². The fourth-order valence-corrected chi connectivity index (χ4v) is 1.46. The van der Waals surface area contributed by atoms with Crippen LogP contribution in [0.4, 0.5) is 0 Å². The Morgan fingerprint density at radius 3 is 2.86 bits per heavy atom. The molecule has 0 heterocycles. The number of hydrogen-bond acceptors (Lipinski definition) is 1. The minimum Gasteiger partial charge on any atom is -0.494 e. The van der Waals surface area contributed by atoms with E-state index in [0.29, 0.717) is 0 Å². The summed E-state index contributed by atoms with van der Waals surface area (Å²) >= 11 is 0. The largest absolute Gasteiger partial charge is 0.494 e. The van der Waals surface area contributed by atoms with Crippen molar-refractivity contribution in [3.63, 3.8) is 0 Å². The molecular formula is C13H18O.